The van der Waals surface area contributed by atoms with Crippen LogP contribution in [0.4, 0.5) is 0 Å². The van der Waals surface area contributed by atoms with Crippen molar-refractivity contribution in [3.63, 3.8) is 0 Å². The van der Waals surface area contributed by atoms with Gasteiger partial charge in [-0.2, -0.15) is 8.42 Å². The first kappa shape index (κ1) is 27.7. The van der Waals surface area contributed by atoms with Gasteiger partial charge in [0.25, 0.3) is 10.1 Å². The number of unbranched alkanes of at least 4 members (excludes halogenated alkanes) is 9. The van der Waals surface area contributed by atoms with Gasteiger partial charge in [-0.1, -0.05) is 71.1 Å². The molecule has 0 bridgehead atoms. The number of aliphatic carboxylic acids is 2. The molecule has 0 saturated carbocycles. The van der Waals surface area contributed by atoms with Gasteiger partial charge in [0.2, 0.25) is 4.75 Å². The first-order chi connectivity index (χ1) is 11.2. The molecule has 0 rings (SSSR count). The predicted octanol–water partition coefficient (Wildman–Crippen LogP) is 2.83. The van der Waals surface area contributed by atoms with Crippen molar-refractivity contribution in [2.75, 3.05) is 0 Å². The molecule has 144 valence electrons. The van der Waals surface area contributed by atoms with E-state index in [2.05, 4.69) is 6.92 Å². The third kappa shape index (κ3) is 11.0. The van der Waals surface area contributed by atoms with E-state index in [1.807, 2.05) is 0 Å². The van der Waals surface area contributed by atoms with Crippen LogP contribution in [0.5, 0.6) is 0 Å². The molecule has 0 aliphatic carbocycles. The molecule has 0 radical (unpaired) electrons. The Morgan fingerprint density at radius 1 is 0.840 bits per heavy atom. The van der Waals surface area contributed by atoms with E-state index >= 15 is 0 Å². The Labute approximate surface area is 193 Å². The van der Waals surface area contributed by atoms with Gasteiger partial charge in [0.05, 0.1) is 6.42 Å². The van der Waals surface area contributed by atoms with Crippen LogP contribution in [-0.2, 0) is 19.7 Å². The van der Waals surface area contributed by atoms with Crippen LogP contribution < -0.4 is 0 Å². The van der Waals surface area contributed by atoms with Gasteiger partial charge in [-0.25, -0.2) is 0 Å². The van der Waals surface area contributed by atoms with Crippen LogP contribution in [0, 0.1) is 0 Å². The summed E-state index contributed by atoms with van der Waals surface area (Å²) in [6, 6.07) is 0. The molecule has 1 unspecified atom stereocenters. The molecule has 0 aromatic heterocycles. The van der Waals surface area contributed by atoms with Gasteiger partial charge < -0.3 is 10.2 Å². The summed E-state index contributed by atoms with van der Waals surface area (Å²) in [4.78, 5) is 22.1. The van der Waals surface area contributed by atoms with Crippen molar-refractivity contribution in [2.45, 2.75) is 88.7 Å². The zero-order valence-electron chi connectivity index (χ0n) is 14.4. The third-order valence-corrected chi connectivity index (χ3v) is 5.77. The topological polar surface area (TPSA) is 129 Å². The number of hydrogen-bond acceptors (Lipinski definition) is 4. The number of carboxylic acid groups (broad SMARTS) is 2. The van der Waals surface area contributed by atoms with Crippen molar-refractivity contribution in [3.05, 3.63) is 0 Å². The van der Waals surface area contributed by atoms with Gasteiger partial charge in [0, 0.05) is 0 Å². The maximum atomic E-state index is 11.4. The average molecular weight is 407 g/mol. The molecule has 1 atom stereocenters. The van der Waals surface area contributed by atoms with Crippen LogP contribution in [0.2, 0.25) is 0 Å². The molecule has 25 heavy (non-hydrogen) atoms. The molecule has 0 aromatic carbocycles. The quantitative estimate of drug-likeness (QED) is 0.217. The molecule has 7 nitrogen and oxygen atoms in total. The normalized spacial score (nSPS) is 13.7. The second-order valence-corrected chi connectivity index (χ2v) is 8.01. The van der Waals surface area contributed by atoms with Crippen LogP contribution >= 0.6 is 0 Å². The summed E-state index contributed by atoms with van der Waals surface area (Å²) in [6.07, 6.45) is 8.27. The van der Waals surface area contributed by atoms with Gasteiger partial charge in [-0.15, -0.1) is 0 Å². The van der Waals surface area contributed by atoms with Gasteiger partial charge in [-0.05, 0) is 6.42 Å². The summed E-state index contributed by atoms with van der Waals surface area (Å²) in [5.41, 5.74) is 0. The molecule has 0 aliphatic heterocycles. The monoisotopic (exact) mass is 406 g/mol. The van der Waals surface area contributed by atoms with E-state index < -0.39 is 39.6 Å². The predicted molar refractivity (Wildman–Crippen MR) is 97.8 cm³/mol. The molecule has 0 amide bonds. The Bertz CT molecular complexity index is 493. The summed E-state index contributed by atoms with van der Waals surface area (Å²) in [6.45, 7) is 2.16. The summed E-state index contributed by atoms with van der Waals surface area (Å²) in [7, 11) is -5.01. The molecule has 0 aromatic rings. The fraction of sp³-hybridized carbons (Fsp3) is 0.875. The van der Waals surface area contributed by atoms with Crippen molar-refractivity contribution in [2.24, 2.45) is 0 Å². The first-order valence-corrected chi connectivity index (χ1v) is 10.0. The molecule has 0 saturated heterocycles. The molecule has 0 heterocycles. The van der Waals surface area contributed by atoms with E-state index in [4.69, 9.17) is 10.2 Å². The van der Waals surface area contributed by atoms with Crippen LogP contribution in [0.1, 0.15) is 84.0 Å². The summed E-state index contributed by atoms with van der Waals surface area (Å²) < 4.78 is 29.4. The maximum absolute atomic E-state index is 11.4. The van der Waals surface area contributed by atoms with Gasteiger partial charge >= 0.3 is 63.3 Å². The Kier molecular flexibility index (Phi) is 16.1. The van der Waals surface area contributed by atoms with Gasteiger partial charge in [-0.3, -0.25) is 14.1 Å². The average Bonchev–Trinajstić information content (AvgIpc) is 2.46. The van der Waals surface area contributed by atoms with Crippen molar-refractivity contribution >= 4 is 73.4 Å². The van der Waals surface area contributed by atoms with Crippen molar-refractivity contribution in [3.8, 4) is 0 Å². The van der Waals surface area contributed by atoms with Crippen molar-refractivity contribution in [1.82, 2.24) is 0 Å². The van der Waals surface area contributed by atoms with Crippen LogP contribution in [0.3, 0.4) is 0 Å². The number of rotatable bonds is 15. The van der Waals surface area contributed by atoms with Crippen molar-refractivity contribution in [1.29, 1.82) is 0 Å². The molecular formula is C16H31KO7S. The fourth-order valence-corrected chi connectivity index (χ4v) is 3.67. The van der Waals surface area contributed by atoms with Crippen LogP contribution in [-0.4, -0.2) is 91.3 Å². The number of carbonyl (C=O) groups is 2. The van der Waals surface area contributed by atoms with E-state index in [0.29, 0.717) is 6.42 Å². The van der Waals surface area contributed by atoms with Crippen LogP contribution in [0.15, 0.2) is 0 Å². The Morgan fingerprint density at radius 3 is 1.56 bits per heavy atom. The first-order valence-electron chi connectivity index (χ1n) is 8.59. The van der Waals surface area contributed by atoms with E-state index in [-0.39, 0.29) is 57.8 Å². The summed E-state index contributed by atoms with van der Waals surface area (Å²) in [5, 5.41) is 17.9. The third-order valence-electron chi connectivity index (χ3n) is 4.25. The Hall–Kier alpha value is 0.486. The minimum atomic E-state index is -5.01. The zero-order chi connectivity index (χ0) is 18.6. The van der Waals surface area contributed by atoms with E-state index in [1.54, 1.807) is 0 Å². The minimum absolute atomic E-state index is 0. The summed E-state index contributed by atoms with van der Waals surface area (Å²) >= 11 is 0. The Balaban J connectivity index is 0. The molecule has 0 spiro atoms. The fourth-order valence-electron chi connectivity index (χ4n) is 2.74. The van der Waals surface area contributed by atoms with Crippen LogP contribution in [0.25, 0.3) is 0 Å². The summed E-state index contributed by atoms with van der Waals surface area (Å²) in [5.74, 6) is -3.38. The number of hydrogen-bond donors (Lipinski definition) is 3. The Morgan fingerprint density at radius 2 is 1.24 bits per heavy atom. The standard InChI is InChI=1S/C16H30O7S.K.H/c1-2-3-4-5-6-7-8-9-10-11-12-16(15(19)20,13-14(17)18)24(21,22)23;;/h2-13H2,1H3,(H,17,18)(H,19,20)(H,21,22,23);;. The second kappa shape index (κ2) is 14.5. The molecule has 3 N–H and O–H groups in total. The molecule has 0 aliphatic rings. The second-order valence-electron chi connectivity index (χ2n) is 6.28. The van der Waals surface area contributed by atoms with E-state index in [1.165, 1.54) is 25.7 Å². The zero-order valence-corrected chi connectivity index (χ0v) is 15.2. The number of carboxylic acids is 2. The molecule has 9 heteroatoms. The molecule has 0 fully saturated rings. The van der Waals surface area contributed by atoms with Gasteiger partial charge in [0.15, 0.2) is 0 Å². The van der Waals surface area contributed by atoms with E-state index in [0.717, 1.165) is 25.7 Å². The SMILES string of the molecule is CCCCCCCCCCCCC(CC(=O)O)(C(=O)O)S(=O)(=O)O.[KH]. The molecular weight excluding hydrogens is 375 g/mol. The van der Waals surface area contributed by atoms with Crippen molar-refractivity contribution < 1.29 is 32.8 Å². The van der Waals surface area contributed by atoms with E-state index in [9.17, 15) is 22.6 Å². The van der Waals surface area contributed by atoms with Gasteiger partial charge in [0.1, 0.15) is 0 Å².